The van der Waals surface area contributed by atoms with Gasteiger partial charge in [-0.3, -0.25) is 4.79 Å². The fourth-order valence-electron chi connectivity index (χ4n) is 5.92. The lowest BCUT2D eigenvalue weighted by Gasteiger charge is -2.36. The standard InChI is InChI=1S/C26H27FN6OS/c1-13-6-22(29)19-8-24(35-26(19)30-13)25(34)32-14-4-5-17-18(7-14)21(27)9-23(20(17)10-28)33-11-15-2-3-16(12-33)31-15/h6,8-9,14-16,31H,2-5,7,11-12H2,1H3,(H2,29,30)(H,32,34)/t14-,15-,16-/m0/s1. The van der Waals surface area contributed by atoms with Gasteiger partial charge in [0.2, 0.25) is 0 Å². The van der Waals surface area contributed by atoms with Crippen molar-refractivity contribution in [3.8, 4) is 6.07 Å². The summed E-state index contributed by atoms with van der Waals surface area (Å²) in [5.74, 6) is -0.486. The Morgan fingerprint density at radius 3 is 2.77 bits per heavy atom. The number of amides is 1. The van der Waals surface area contributed by atoms with Crippen molar-refractivity contribution in [1.82, 2.24) is 15.6 Å². The number of nitriles is 1. The van der Waals surface area contributed by atoms with E-state index in [1.54, 1.807) is 12.1 Å². The zero-order chi connectivity index (χ0) is 24.3. The number of halogens is 1. The molecule has 3 atom stereocenters. The predicted octanol–water partition coefficient (Wildman–Crippen LogP) is 3.43. The molecule has 2 bridgehead atoms. The molecule has 4 N–H and O–H groups in total. The highest BCUT2D eigenvalue weighted by Gasteiger charge is 2.35. The fourth-order valence-corrected chi connectivity index (χ4v) is 6.93. The monoisotopic (exact) mass is 490 g/mol. The summed E-state index contributed by atoms with van der Waals surface area (Å²) in [7, 11) is 0. The van der Waals surface area contributed by atoms with Crippen molar-refractivity contribution in [2.24, 2.45) is 0 Å². The highest BCUT2D eigenvalue weighted by atomic mass is 32.1. The summed E-state index contributed by atoms with van der Waals surface area (Å²) in [6.07, 6.45) is 3.85. The molecule has 7 nitrogen and oxygen atoms in total. The van der Waals surface area contributed by atoms with E-state index in [0.29, 0.717) is 53.0 Å². The van der Waals surface area contributed by atoms with Crippen LogP contribution in [0.5, 0.6) is 0 Å². The Morgan fingerprint density at radius 2 is 2.03 bits per heavy atom. The number of rotatable bonds is 3. The molecule has 0 saturated carbocycles. The summed E-state index contributed by atoms with van der Waals surface area (Å²) < 4.78 is 15.4. The largest absolute Gasteiger partial charge is 0.398 e. The molecule has 3 aliphatic rings. The van der Waals surface area contributed by atoms with Gasteiger partial charge in [-0.15, -0.1) is 11.3 Å². The van der Waals surface area contributed by atoms with E-state index in [0.717, 1.165) is 53.1 Å². The van der Waals surface area contributed by atoms with E-state index in [1.807, 2.05) is 6.92 Å². The minimum absolute atomic E-state index is 0.200. The minimum Gasteiger partial charge on any atom is -0.398 e. The molecule has 35 heavy (non-hydrogen) atoms. The molecule has 180 valence electrons. The number of benzene rings is 1. The van der Waals surface area contributed by atoms with Crippen molar-refractivity contribution in [2.75, 3.05) is 23.7 Å². The van der Waals surface area contributed by atoms with Crippen LogP contribution in [0, 0.1) is 24.1 Å². The van der Waals surface area contributed by atoms with Gasteiger partial charge in [-0.1, -0.05) is 0 Å². The second-order valence-electron chi connectivity index (χ2n) is 9.96. The number of pyridine rings is 1. The maximum absolute atomic E-state index is 15.4. The molecule has 1 amide bonds. The molecule has 1 aromatic carbocycles. The Labute approximate surface area is 207 Å². The molecule has 2 aliphatic heterocycles. The van der Waals surface area contributed by atoms with Gasteiger partial charge in [0.05, 0.1) is 16.1 Å². The fraction of sp³-hybridized carbons (Fsp3) is 0.423. The lowest BCUT2D eigenvalue weighted by Crippen LogP contribution is -2.51. The van der Waals surface area contributed by atoms with E-state index in [4.69, 9.17) is 5.73 Å². The summed E-state index contributed by atoms with van der Waals surface area (Å²) in [4.78, 5) is 20.9. The maximum Gasteiger partial charge on any atom is 0.261 e. The molecule has 9 heteroatoms. The minimum atomic E-state index is -0.284. The lowest BCUT2D eigenvalue weighted by atomic mass is 9.84. The first-order valence-corrected chi connectivity index (χ1v) is 12.9. The van der Waals surface area contributed by atoms with Crippen LogP contribution in [0.4, 0.5) is 15.8 Å². The lowest BCUT2D eigenvalue weighted by molar-refractivity contribution is 0.0937. The van der Waals surface area contributed by atoms with Crippen LogP contribution in [0.3, 0.4) is 0 Å². The summed E-state index contributed by atoms with van der Waals surface area (Å²) in [5, 5.41) is 17.4. The molecular weight excluding hydrogens is 463 g/mol. The van der Waals surface area contributed by atoms with Crippen molar-refractivity contribution in [3.63, 3.8) is 0 Å². The maximum atomic E-state index is 15.4. The van der Waals surface area contributed by atoms with Crippen LogP contribution in [-0.4, -0.2) is 42.1 Å². The second-order valence-corrected chi connectivity index (χ2v) is 11.0. The molecule has 0 spiro atoms. The van der Waals surface area contributed by atoms with E-state index >= 15 is 4.39 Å². The Morgan fingerprint density at radius 1 is 1.26 bits per heavy atom. The first-order valence-electron chi connectivity index (χ1n) is 12.1. The number of anilines is 2. The zero-order valence-electron chi connectivity index (χ0n) is 19.5. The van der Waals surface area contributed by atoms with Crippen molar-refractivity contribution >= 4 is 38.8 Å². The zero-order valence-corrected chi connectivity index (χ0v) is 20.3. The van der Waals surface area contributed by atoms with Crippen LogP contribution in [0.2, 0.25) is 0 Å². The third-order valence-electron chi connectivity index (χ3n) is 7.56. The van der Waals surface area contributed by atoms with Gasteiger partial charge in [0.1, 0.15) is 16.7 Å². The first-order chi connectivity index (χ1) is 16.9. The van der Waals surface area contributed by atoms with E-state index in [-0.39, 0.29) is 17.8 Å². The average Bonchev–Trinajstić information content (AvgIpc) is 3.42. The number of hydrogen-bond acceptors (Lipinski definition) is 7. The number of hydrogen-bond donors (Lipinski definition) is 3. The molecule has 2 aromatic heterocycles. The molecule has 4 heterocycles. The highest BCUT2D eigenvalue weighted by molar-refractivity contribution is 7.20. The summed E-state index contributed by atoms with van der Waals surface area (Å²) in [6, 6.07) is 8.09. The topological polar surface area (TPSA) is 107 Å². The average molecular weight is 491 g/mol. The van der Waals surface area contributed by atoms with Gasteiger partial charge in [0, 0.05) is 48.0 Å². The first kappa shape index (κ1) is 22.3. The van der Waals surface area contributed by atoms with Crippen LogP contribution < -0.4 is 21.3 Å². The Bertz CT molecular complexity index is 1380. The van der Waals surface area contributed by atoms with Gasteiger partial charge in [-0.2, -0.15) is 5.26 Å². The molecule has 3 aromatic rings. The number of nitrogens with two attached hydrogens (primary N) is 1. The smallest absolute Gasteiger partial charge is 0.261 e. The van der Waals surface area contributed by atoms with Gasteiger partial charge in [-0.25, -0.2) is 9.37 Å². The number of aryl methyl sites for hydroxylation is 1. The number of aromatic nitrogens is 1. The van der Waals surface area contributed by atoms with Gasteiger partial charge in [-0.05, 0) is 68.4 Å². The number of carbonyl (C=O) groups is 1. The van der Waals surface area contributed by atoms with Crippen molar-refractivity contribution in [1.29, 1.82) is 5.26 Å². The number of fused-ring (bicyclic) bond motifs is 4. The number of nitrogens with zero attached hydrogens (tertiary/aromatic N) is 3. The number of nitrogen functional groups attached to an aromatic ring is 1. The van der Waals surface area contributed by atoms with Gasteiger partial charge < -0.3 is 21.3 Å². The summed E-state index contributed by atoms with van der Waals surface area (Å²) in [5.41, 5.74) is 10.2. The quantitative estimate of drug-likeness (QED) is 0.519. The van der Waals surface area contributed by atoms with E-state index < -0.39 is 0 Å². The Balaban J connectivity index is 1.23. The third-order valence-corrected chi connectivity index (χ3v) is 8.59. The Kier molecular flexibility index (Phi) is 5.38. The third kappa shape index (κ3) is 3.91. The summed E-state index contributed by atoms with van der Waals surface area (Å²) >= 11 is 1.31. The number of nitrogens with one attached hydrogen (secondary N) is 2. The molecule has 1 aliphatic carbocycles. The molecule has 0 unspecified atom stereocenters. The van der Waals surface area contributed by atoms with E-state index in [1.165, 1.54) is 17.4 Å². The Hall–Kier alpha value is -3.22. The molecular formula is C26H27FN6OS. The van der Waals surface area contributed by atoms with Crippen LogP contribution in [0.25, 0.3) is 10.2 Å². The summed E-state index contributed by atoms with van der Waals surface area (Å²) in [6.45, 7) is 3.48. The van der Waals surface area contributed by atoms with Crippen LogP contribution >= 0.6 is 11.3 Å². The molecule has 2 saturated heterocycles. The van der Waals surface area contributed by atoms with Gasteiger partial charge >= 0.3 is 0 Å². The number of carbonyl (C=O) groups excluding carboxylic acids is 1. The van der Waals surface area contributed by atoms with Crippen LogP contribution in [-0.2, 0) is 12.8 Å². The SMILES string of the molecule is Cc1cc(N)c2cc(C(=O)N[C@H]3CCc4c(C#N)c(N5C[C@@H]6CC[C@@H](C5)N6)cc(F)c4C3)sc2n1. The van der Waals surface area contributed by atoms with E-state index in [2.05, 4.69) is 26.6 Å². The van der Waals surface area contributed by atoms with Crippen molar-refractivity contribution < 1.29 is 9.18 Å². The number of piperazine rings is 1. The molecule has 6 rings (SSSR count). The van der Waals surface area contributed by atoms with Gasteiger partial charge in [0.25, 0.3) is 5.91 Å². The van der Waals surface area contributed by atoms with Crippen LogP contribution in [0.15, 0.2) is 18.2 Å². The van der Waals surface area contributed by atoms with Crippen molar-refractivity contribution in [3.05, 3.63) is 51.3 Å². The van der Waals surface area contributed by atoms with Gasteiger partial charge in [0.15, 0.2) is 0 Å². The predicted molar refractivity (Wildman–Crippen MR) is 135 cm³/mol. The highest BCUT2D eigenvalue weighted by Crippen LogP contribution is 2.36. The van der Waals surface area contributed by atoms with Crippen LogP contribution in [0.1, 0.15) is 51.3 Å². The second kappa shape index (κ2) is 8.47. The normalized spacial score (nSPS) is 23.2. The molecule has 0 radical (unpaired) electrons. The van der Waals surface area contributed by atoms with Crippen molar-refractivity contribution in [2.45, 2.75) is 57.2 Å². The molecule has 2 fully saturated rings. The van der Waals surface area contributed by atoms with E-state index in [9.17, 15) is 10.1 Å². The number of thiophene rings is 1.